The van der Waals surface area contributed by atoms with Gasteiger partial charge in [-0.2, -0.15) is 0 Å². The number of anilines is 1. The Morgan fingerprint density at radius 1 is 1.00 bits per heavy atom. The van der Waals surface area contributed by atoms with E-state index in [4.69, 9.17) is 14.7 Å². The number of hydrogen-bond donors (Lipinski definition) is 1. The van der Waals surface area contributed by atoms with E-state index >= 15 is 0 Å². The second-order valence-electron chi connectivity index (χ2n) is 7.90. The van der Waals surface area contributed by atoms with Crippen LogP contribution in [-0.2, 0) is 16.1 Å². The van der Waals surface area contributed by atoms with E-state index in [0.717, 1.165) is 32.3 Å². The van der Waals surface area contributed by atoms with Gasteiger partial charge in [0.2, 0.25) is 5.91 Å². The van der Waals surface area contributed by atoms with E-state index in [1.165, 1.54) is 0 Å². The van der Waals surface area contributed by atoms with Crippen molar-refractivity contribution >= 4 is 38.6 Å². The number of methoxy groups -OCH3 is 1. The Morgan fingerprint density at radius 2 is 1.79 bits per heavy atom. The summed E-state index contributed by atoms with van der Waals surface area (Å²) in [7, 11) is 1.62. The maximum absolute atomic E-state index is 12.5. The zero-order valence-electron chi connectivity index (χ0n) is 19.1. The van der Waals surface area contributed by atoms with Crippen LogP contribution in [-0.4, -0.2) is 42.7 Å². The van der Waals surface area contributed by atoms with E-state index in [1.54, 1.807) is 7.11 Å². The SMILES string of the molecule is COCCNC(=O)CCN(Cc1ccccc1)c1nc(-c2cccc(Br)c2)nc2ccccc12. The number of carbonyl (C=O) groups is 1. The van der Waals surface area contributed by atoms with Crippen molar-refractivity contribution in [2.45, 2.75) is 13.0 Å². The van der Waals surface area contributed by atoms with Crippen molar-refractivity contribution in [3.05, 3.63) is 88.9 Å². The first-order valence-corrected chi connectivity index (χ1v) is 12.0. The van der Waals surface area contributed by atoms with Gasteiger partial charge in [-0.15, -0.1) is 0 Å². The number of para-hydroxylation sites is 1. The van der Waals surface area contributed by atoms with E-state index in [1.807, 2.05) is 66.7 Å². The number of ether oxygens (including phenoxy) is 1. The van der Waals surface area contributed by atoms with E-state index in [9.17, 15) is 4.79 Å². The minimum atomic E-state index is -0.0133. The maximum Gasteiger partial charge on any atom is 0.221 e. The maximum atomic E-state index is 12.5. The molecule has 0 saturated heterocycles. The molecule has 1 amide bonds. The second-order valence-corrected chi connectivity index (χ2v) is 8.81. The highest BCUT2D eigenvalue weighted by Crippen LogP contribution is 2.29. The van der Waals surface area contributed by atoms with Crippen LogP contribution >= 0.6 is 15.9 Å². The number of carbonyl (C=O) groups excluding carboxylic acids is 1. The average molecular weight is 519 g/mol. The van der Waals surface area contributed by atoms with Crippen molar-refractivity contribution in [1.29, 1.82) is 0 Å². The fourth-order valence-electron chi connectivity index (χ4n) is 3.74. The van der Waals surface area contributed by atoms with Crippen molar-refractivity contribution in [3.8, 4) is 11.4 Å². The number of aromatic nitrogens is 2. The Labute approximate surface area is 208 Å². The summed E-state index contributed by atoms with van der Waals surface area (Å²) in [5, 5.41) is 3.86. The molecular formula is C27H27BrN4O2. The molecule has 34 heavy (non-hydrogen) atoms. The molecule has 0 unspecified atom stereocenters. The Balaban J connectivity index is 1.72. The highest BCUT2D eigenvalue weighted by molar-refractivity contribution is 9.10. The van der Waals surface area contributed by atoms with Gasteiger partial charge < -0.3 is 15.0 Å². The molecule has 0 aliphatic carbocycles. The molecule has 4 aromatic rings. The molecule has 0 radical (unpaired) electrons. The van der Waals surface area contributed by atoms with Gasteiger partial charge in [0, 0.05) is 48.6 Å². The van der Waals surface area contributed by atoms with Crippen LogP contribution in [0.5, 0.6) is 0 Å². The number of benzene rings is 3. The first-order valence-electron chi connectivity index (χ1n) is 11.2. The normalized spacial score (nSPS) is 10.9. The summed E-state index contributed by atoms with van der Waals surface area (Å²) in [6.07, 6.45) is 0.348. The molecule has 1 heterocycles. The summed E-state index contributed by atoms with van der Waals surface area (Å²) >= 11 is 3.55. The molecule has 174 valence electrons. The summed E-state index contributed by atoms with van der Waals surface area (Å²) in [4.78, 5) is 24.5. The zero-order chi connectivity index (χ0) is 23.8. The van der Waals surface area contributed by atoms with Crippen LogP contribution in [0.1, 0.15) is 12.0 Å². The topological polar surface area (TPSA) is 67.3 Å². The van der Waals surface area contributed by atoms with Crippen LogP contribution in [0.4, 0.5) is 5.82 Å². The molecule has 6 nitrogen and oxygen atoms in total. The number of amides is 1. The molecule has 0 bridgehead atoms. The molecule has 7 heteroatoms. The van der Waals surface area contributed by atoms with Crippen molar-refractivity contribution < 1.29 is 9.53 Å². The quantitative estimate of drug-likeness (QED) is 0.291. The lowest BCUT2D eigenvalue weighted by Gasteiger charge is -2.25. The molecule has 0 fully saturated rings. The van der Waals surface area contributed by atoms with Gasteiger partial charge in [-0.05, 0) is 29.8 Å². The van der Waals surface area contributed by atoms with Gasteiger partial charge >= 0.3 is 0 Å². The Morgan fingerprint density at radius 3 is 2.59 bits per heavy atom. The number of nitrogens with zero attached hydrogens (tertiary/aromatic N) is 3. The van der Waals surface area contributed by atoms with E-state index in [2.05, 4.69) is 38.3 Å². The number of fused-ring (bicyclic) bond motifs is 1. The van der Waals surface area contributed by atoms with Gasteiger partial charge in [-0.1, -0.05) is 70.5 Å². The van der Waals surface area contributed by atoms with Gasteiger partial charge in [0.15, 0.2) is 5.82 Å². The summed E-state index contributed by atoms with van der Waals surface area (Å²) in [5.41, 5.74) is 2.94. The van der Waals surface area contributed by atoms with Gasteiger partial charge in [-0.3, -0.25) is 4.79 Å². The van der Waals surface area contributed by atoms with Crippen molar-refractivity contribution in [2.24, 2.45) is 0 Å². The third-order valence-corrected chi connectivity index (χ3v) is 5.91. The van der Waals surface area contributed by atoms with Crippen molar-refractivity contribution in [2.75, 3.05) is 31.7 Å². The highest BCUT2D eigenvalue weighted by Gasteiger charge is 2.17. The van der Waals surface area contributed by atoms with Crippen molar-refractivity contribution in [1.82, 2.24) is 15.3 Å². The van der Waals surface area contributed by atoms with Gasteiger partial charge in [0.25, 0.3) is 0 Å². The molecule has 4 rings (SSSR count). The Kier molecular flexibility index (Phi) is 8.22. The molecule has 3 aromatic carbocycles. The zero-order valence-corrected chi connectivity index (χ0v) is 20.7. The number of halogens is 1. The van der Waals surface area contributed by atoms with Crippen LogP contribution in [0.3, 0.4) is 0 Å². The molecule has 0 saturated carbocycles. The standard InChI is InChI=1S/C27H27BrN4O2/c1-34-17-15-29-25(33)14-16-32(19-20-8-3-2-4-9-20)27-23-12-5-6-13-24(23)30-26(31-27)21-10-7-11-22(28)18-21/h2-13,18H,14-17,19H2,1H3,(H,29,33). The number of rotatable bonds is 10. The molecule has 1 aromatic heterocycles. The Bertz CT molecular complexity index is 1250. The highest BCUT2D eigenvalue weighted by atomic mass is 79.9. The number of nitrogens with one attached hydrogen (secondary N) is 1. The minimum absolute atomic E-state index is 0.0133. The lowest BCUT2D eigenvalue weighted by atomic mass is 10.1. The van der Waals surface area contributed by atoms with E-state index < -0.39 is 0 Å². The predicted molar refractivity (Wildman–Crippen MR) is 140 cm³/mol. The van der Waals surface area contributed by atoms with Gasteiger partial charge in [-0.25, -0.2) is 9.97 Å². The number of hydrogen-bond acceptors (Lipinski definition) is 5. The van der Waals surface area contributed by atoms with Gasteiger partial charge in [0.05, 0.1) is 12.1 Å². The summed E-state index contributed by atoms with van der Waals surface area (Å²) in [6.45, 7) is 2.14. The van der Waals surface area contributed by atoms with Crippen LogP contribution in [0.25, 0.3) is 22.3 Å². The lowest BCUT2D eigenvalue weighted by molar-refractivity contribution is -0.121. The lowest BCUT2D eigenvalue weighted by Crippen LogP contribution is -2.32. The molecular weight excluding hydrogens is 492 g/mol. The first kappa shape index (κ1) is 23.9. The molecule has 0 aliphatic rings. The van der Waals surface area contributed by atoms with Crippen LogP contribution in [0, 0.1) is 0 Å². The Hall–Kier alpha value is -3.29. The summed E-state index contributed by atoms with van der Waals surface area (Å²) in [6, 6.07) is 26.2. The predicted octanol–water partition coefficient (Wildman–Crippen LogP) is 5.22. The molecule has 0 aliphatic heterocycles. The first-order chi connectivity index (χ1) is 16.6. The fraction of sp³-hybridized carbons (Fsp3) is 0.222. The van der Waals surface area contributed by atoms with E-state index in [-0.39, 0.29) is 5.91 Å². The monoisotopic (exact) mass is 518 g/mol. The largest absolute Gasteiger partial charge is 0.383 e. The fourth-order valence-corrected chi connectivity index (χ4v) is 4.14. The van der Waals surface area contributed by atoms with Crippen LogP contribution < -0.4 is 10.2 Å². The van der Waals surface area contributed by atoms with Crippen LogP contribution in [0.2, 0.25) is 0 Å². The van der Waals surface area contributed by atoms with Crippen LogP contribution in [0.15, 0.2) is 83.3 Å². The second kappa shape index (κ2) is 11.7. The molecule has 0 spiro atoms. The summed E-state index contributed by atoms with van der Waals surface area (Å²) in [5.74, 6) is 1.45. The third-order valence-electron chi connectivity index (χ3n) is 5.42. The minimum Gasteiger partial charge on any atom is -0.383 e. The smallest absolute Gasteiger partial charge is 0.221 e. The molecule has 0 atom stereocenters. The van der Waals surface area contributed by atoms with Crippen molar-refractivity contribution in [3.63, 3.8) is 0 Å². The van der Waals surface area contributed by atoms with E-state index in [0.29, 0.717) is 38.5 Å². The summed E-state index contributed by atoms with van der Waals surface area (Å²) < 4.78 is 6.00. The third kappa shape index (κ3) is 6.18. The molecule has 1 N–H and O–H groups in total. The van der Waals surface area contributed by atoms with Gasteiger partial charge in [0.1, 0.15) is 5.82 Å². The average Bonchev–Trinajstić information content (AvgIpc) is 2.86.